The molecule has 4 fully saturated rings. The molecule has 1 aromatic carbocycles. The summed E-state index contributed by atoms with van der Waals surface area (Å²) in [4.78, 5) is 26.0. The van der Waals surface area contributed by atoms with Crippen LogP contribution in [-0.4, -0.2) is 40.0 Å². The number of rotatable bonds is 5. The van der Waals surface area contributed by atoms with Crippen molar-refractivity contribution in [1.29, 1.82) is 0 Å². The number of fused-ring (bicyclic) bond motifs is 7. The van der Waals surface area contributed by atoms with Crippen molar-refractivity contribution >= 4 is 18.0 Å². The molecule has 9 atom stereocenters. The molecule has 0 spiro atoms. The highest BCUT2D eigenvalue weighted by Crippen LogP contribution is 2.75. The minimum Gasteiger partial charge on any atom is -0.508 e. The molecule has 5 aliphatic carbocycles. The number of hydrogen-bond donors (Lipinski definition) is 3. The summed E-state index contributed by atoms with van der Waals surface area (Å²) in [6.45, 7) is 14.1. The van der Waals surface area contributed by atoms with Crippen LogP contribution in [0.15, 0.2) is 42.0 Å². The van der Waals surface area contributed by atoms with Crippen molar-refractivity contribution in [2.45, 2.75) is 112 Å². The van der Waals surface area contributed by atoms with Gasteiger partial charge in [-0.3, -0.25) is 4.79 Å². The molecular weight excluding hydrogens is 564 g/mol. The van der Waals surface area contributed by atoms with E-state index in [1.165, 1.54) is 11.6 Å². The minimum atomic E-state index is -0.640. The van der Waals surface area contributed by atoms with Gasteiger partial charge in [0.05, 0.1) is 12.0 Å². The van der Waals surface area contributed by atoms with Gasteiger partial charge in [0.1, 0.15) is 11.9 Å². The molecule has 1 aromatic rings. The van der Waals surface area contributed by atoms with Gasteiger partial charge in [0.25, 0.3) is 0 Å². The van der Waals surface area contributed by atoms with Crippen molar-refractivity contribution in [3.8, 4) is 5.75 Å². The number of aliphatic carboxylic acids is 1. The zero-order chi connectivity index (χ0) is 32.6. The minimum absolute atomic E-state index is 0.0291. The van der Waals surface area contributed by atoms with Gasteiger partial charge in [-0.15, -0.1) is 0 Å². The Morgan fingerprint density at radius 1 is 0.911 bits per heavy atom. The van der Waals surface area contributed by atoms with Crippen LogP contribution in [0, 0.1) is 50.2 Å². The van der Waals surface area contributed by atoms with Gasteiger partial charge < -0.3 is 20.1 Å². The van der Waals surface area contributed by atoms with Crippen LogP contribution in [0.25, 0.3) is 6.08 Å². The number of phenols is 1. The van der Waals surface area contributed by atoms with E-state index in [0.29, 0.717) is 12.3 Å². The normalized spacial score (nSPS) is 43.7. The lowest BCUT2D eigenvalue weighted by molar-refractivity contribution is -0.223. The number of carbonyl (C=O) groups is 2. The van der Waals surface area contributed by atoms with Crippen molar-refractivity contribution in [2.75, 3.05) is 6.61 Å². The molecule has 0 aromatic heterocycles. The highest BCUT2D eigenvalue weighted by Gasteiger charge is 2.70. The molecule has 246 valence electrons. The molecule has 5 aliphatic rings. The number of aliphatic hydroxyl groups is 1. The van der Waals surface area contributed by atoms with Crippen LogP contribution in [0.1, 0.15) is 111 Å². The number of aromatic hydroxyl groups is 1. The van der Waals surface area contributed by atoms with Crippen molar-refractivity contribution in [3.63, 3.8) is 0 Å². The number of hydrogen-bond acceptors (Lipinski definition) is 5. The molecule has 0 radical (unpaired) electrons. The van der Waals surface area contributed by atoms with Crippen molar-refractivity contribution in [2.24, 2.45) is 50.2 Å². The Kier molecular flexibility index (Phi) is 7.70. The Labute approximate surface area is 269 Å². The first-order valence-electron chi connectivity index (χ1n) is 17.3. The molecule has 0 aliphatic heterocycles. The van der Waals surface area contributed by atoms with Crippen LogP contribution in [0.3, 0.4) is 0 Å². The first-order chi connectivity index (χ1) is 21.0. The van der Waals surface area contributed by atoms with Crippen molar-refractivity contribution < 1.29 is 29.6 Å². The van der Waals surface area contributed by atoms with Gasteiger partial charge in [0.15, 0.2) is 0 Å². The lowest BCUT2D eigenvalue weighted by atomic mass is 9.33. The third-order valence-corrected chi connectivity index (χ3v) is 14.7. The fraction of sp³-hybridized carbons (Fsp3) is 0.692. The number of allylic oxidation sites excluding steroid dienone is 2. The molecule has 45 heavy (non-hydrogen) atoms. The standard InChI is InChI=1S/C39H54O6/c1-34(2)19-21-39(33(43)44)22-20-37(5)27(28(39)23-34)12-13-30-35(3)17-16-31(36(4,24-40)29(35)15-18-38(30,37)6)45-32(42)14-9-25-7-10-26(41)11-8-25/h7-12,14,28-31,40-41H,13,15-24H2,1-6H3,(H,43,44)/b14-9-/t28-,29-,30-,31-,35-,36-,37+,38+,39-/m0/s1. The summed E-state index contributed by atoms with van der Waals surface area (Å²) >= 11 is 0. The first kappa shape index (κ1) is 32.3. The van der Waals surface area contributed by atoms with E-state index >= 15 is 0 Å². The van der Waals surface area contributed by atoms with Crippen LogP contribution in [0.4, 0.5) is 0 Å². The highest BCUT2D eigenvalue weighted by molar-refractivity contribution is 5.87. The number of esters is 1. The topological polar surface area (TPSA) is 104 Å². The monoisotopic (exact) mass is 618 g/mol. The predicted molar refractivity (Wildman–Crippen MR) is 175 cm³/mol. The second-order valence-corrected chi connectivity index (χ2v) is 17.2. The summed E-state index contributed by atoms with van der Waals surface area (Å²) in [7, 11) is 0. The maximum atomic E-state index is 13.0. The Bertz CT molecular complexity index is 1410. The molecule has 3 N–H and O–H groups in total. The van der Waals surface area contributed by atoms with E-state index in [4.69, 9.17) is 4.74 Å². The van der Waals surface area contributed by atoms with E-state index in [-0.39, 0.29) is 52.0 Å². The van der Waals surface area contributed by atoms with Crippen LogP contribution in [0.5, 0.6) is 5.75 Å². The molecule has 0 unspecified atom stereocenters. The molecular formula is C39H54O6. The Hall–Kier alpha value is -2.60. The van der Waals surface area contributed by atoms with Gasteiger partial charge >= 0.3 is 11.9 Å². The SMILES string of the molecule is CC1(C)CC[C@]2(C(=O)O)CC[C@]3(C)C(=CC[C@H]4[C@@]5(C)CC[C@H](OC(=O)/C=C\c6ccc(O)cc6)[C@@](C)(CO)[C@H]5CC[C@]43C)[C@@H]2C1. The summed E-state index contributed by atoms with van der Waals surface area (Å²) in [5.41, 5.74) is 1.11. The third-order valence-electron chi connectivity index (χ3n) is 14.7. The average Bonchev–Trinajstić information content (AvgIpc) is 2.98. The van der Waals surface area contributed by atoms with E-state index in [1.54, 1.807) is 30.3 Å². The molecule has 0 bridgehead atoms. The van der Waals surface area contributed by atoms with E-state index in [0.717, 1.165) is 63.4 Å². The smallest absolute Gasteiger partial charge is 0.331 e. The molecule has 4 saturated carbocycles. The second kappa shape index (κ2) is 10.7. The molecule has 0 amide bonds. The zero-order valence-electron chi connectivity index (χ0n) is 28.2. The summed E-state index contributed by atoms with van der Waals surface area (Å²) in [5.74, 6) is -0.130. The van der Waals surface area contributed by atoms with E-state index in [2.05, 4.69) is 47.6 Å². The average molecular weight is 619 g/mol. The number of phenolic OH excluding ortho intramolecular Hbond substituents is 1. The number of ether oxygens (including phenoxy) is 1. The molecule has 6 heteroatoms. The summed E-state index contributed by atoms with van der Waals surface area (Å²) in [6.07, 6.45) is 14.2. The van der Waals surface area contributed by atoms with Crippen LogP contribution in [0.2, 0.25) is 0 Å². The Morgan fingerprint density at radius 2 is 1.60 bits per heavy atom. The van der Waals surface area contributed by atoms with Crippen molar-refractivity contribution in [3.05, 3.63) is 47.6 Å². The number of carboxylic acid groups (broad SMARTS) is 1. The lowest BCUT2D eigenvalue weighted by Gasteiger charge is -2.71. The Morgan fingerprint density at radius 3 is 2.27 bits per heavy atom. The fourth-order valence-corrected chi connectivity index (χ4v) is 11.8. The number of carboxylic acids is 1. The Balaban J connectivity index is 1.28. The molecule has 0 heterocycles. The first-order valence-corrected chi connectivity index (χ1v) is 17.3. The number of aliphatic hydroxyl groups excluding tert-OH is 1. The van der Waals surface area contributed by atoms with Crippen LogP contribution < -0.4 is 0 Å². The summed E-state index contributed by atoms with van der Waals surface area (Å²) in [6, 6.07) is 6.66. The third kappa shape index (κ3) is 4.74. The van der Waals surface area contributed by atoms with Gasteiger partial charge in [0.2, 0.25) is 0 Å². The van der Waals surface area contributed by atoms with Crippen molar-refractivity contribution in [1.82, 2.24) is 0 Å². The molecule has 6 nitrogen and oxygen atoms in total. The van der Waals surface area contributed by atoms with Gasteiger partial charge in [-0.2, -0.15) is 0 Å². The highest BCUT2D eigenvalue weighted by atomic mass is 16.5. The fourth-order valence-electron chi connectivity index (χ4n) is 11.8. The van der Waals surface area contributed by atoms with E-state index in [1.807, 2.05) is 0 Å². The van der Waals surface area contributed by atoms with E-state index < -0.39 is 22.8 Å². The van der Waals surface area contributed by atoms with Gasteiger partial charge in [0, 0.05) is 11.5 Å². The van der Waals surface area contributed by atoms with Gasteiger partial charge in [-0.05, 0) is 127 Å². The summed E-state index contributed by atoms with van der Waals surface area (Å²) < 4.78 is 6.11. The number of carbonyl (C=O) groups excluding carboxylic acids is 1. The van der Waals surface area contributed by atoms with Gasteiger partial charge in [-0.25, -0.2) is 4.79 Å². The molecule has 6 rings (SSSR count). The summed E-state index contributed by atoms with van der Waals surface area (Å²) in [5, 5.41) is 31.2. The van der Waals surface area contributed by atoms with Crippen LogP contribution in [-0.2, 0) is 14.3 Å². The van der Waals surface area contributed by atoms with E-state index in [9.17, 15) is 24.9 Å². The maximum absolute atomic E-state index is 13.0. The predicted octanol–water partition coefficient (Wildman–Crippen LogP) is 8.18. The number of benzene rings is 1. The zero-order valence-corrected chi connectivity index (χ0v) is 28.2. The molecule has 0 saturated heterocycles. The quantitative estimate of drug-likeness (QED) is 0.175. The van der Waals surface area contributed by atoms with Gasteiger partial charge in [-0.1, -0.05) is 65.3 Å². The second-order valence-electron chi connectivity index (χ2n) is 17.2. The maximum Gasteiger partial charge on any atom is 0.331 e. The van der Waals surface area contributed by atoms with Crippen LogP contribution >= 0.6 is 0 Å². The largest absolute Gasteiger partial charge is 0.508 e. The lowest BCUT2D eigenvalue weighted by Crippen LogP contribution is -2.66.